The molecule has 1 aliphatic heterocycles. The number of aromatic nitrogens is 4. The van der Waals surface area contributed by atoms with Gasteiger partial charge in [0.15, 0.2) is 17.2 Å². The summed E-state index contributed by atoms with van der Waals surface area (Å²) in [5.41, 5.74) is 4.74. The van der Waals surface area contributed by atoms with Crippen molar-refractivity contribution in [3.63, 3.8) is 0 Å². The first-order valence-corrected chi connectivity index (χ1v) is 11.7. The summed E-state index contributed by atoms with van der Waals surface area (Å²) in [6, 6.07) is 17.3. The average molecular weight is 465 g/mol. The van der Waals surface area contributed by atoms with E-state index >= 15 is 0 Å². The molecule has 0 bridgehead atoms. The van der Waals surface area contributed by atoms with E-state index in [-0.39, 0.29) is 0 Å². The highest BCUT2D eigenvalue weighted by Gasteiger charge is 2.37. The molecule has 4 aromatic heterocycles. The molecule has 0 spiro atoms. The Morgan fingerprint density at radius 1 is 1.03 bits per heavy atom. The van der Waals surface area contributed by atoms with Crippen molar-refractivity contribution in [2.24, 2.45) is 0 Å². The van der Waals surface area contributed by atoms with Crippen LogP contribution in [0.3, 0.4) is 0 Å². The largest absolute Gasteiger partial charge is 0.437 e. The van der Waals surface area contributed by atoms with Gasteiger partial charge in [0.25, 0.3) is 0 Å². The Morgan fingerprint density at radius 2 is 1.88 bits per heavy atom. The molecule has 7 rings (SSSR count). The Morgan fingerprint density at radius 3 is 2.74 bits per heavy atom. The number of fused-ring (bicyclic) bond motifs is 6. The van der Waals surface area contributed by atoms with Crippen LogP contribution in [0.4, 0.5) is 0 Å². The summed E-state index contributed by atoms with van der Waals surface area (Å²) in [4.78, 5) is 22.8. The van der Waals surface area contributed by atoms with Gasteiger partial charge in [-0.3, -0.25) is 0 Å². The molecule has 1 aliphatic rings. The maximum Gasteiger partial charge on any atom is 0.344 e. The van der Waals surface area contributed by atoms with Gasteiger partial charge in [-0.1, -0.05) is 36.4 Å². The molecule has 0 fully saturated rings. The Bertz CT molecular complexity index is 1790. The van der Waals surface area contributed by atoms with Gasteiger partial charge in [-0.2, -0.15) is 11.3 Å². The van der Waals surface area contributed by atoms with Gasteiger partial charge in [0.1, 0.15) is 11.9 Å². The summed E-state index contributed by atoms with van der Waals surface area (Å²) in [5, 5.41) is 9.43. The van der Waals surface area contributed by atoms with Crippen LogP contribution >= 0.6 is 11.3 Å². The van der Waals surface area contributed by atoms with Crippen LogP contribution in [0.15, 0.2) is 80.9 Å². The minimum Gasteiger partial charge on any atom is -0.437 e. The van der Waals surface area contributed by atoms with E-state index in [1.165, 1.54) is 0 Å². The first-order valence-electron chi connectivity index (χ1n) is 10.8. The van der Waals surface area contributed by atoms with E-state index in [1.807, 2.05) is 66.2 Å². The SMILES string of the molecule is Cc1ccccc1-c1nc2c3c(ncn2n1)Oc1c(c(=O)oc2ccccc12)C3c1ccsc1. The molecule has 0 saturated carbocycles. The minimum absolute atomic E-state index is 0.413. The second kappa shape index (κ2) is 7.10. The van der Waals surface area contributed by atoms with Gasteiger partial charge in [0, 0.05) is 5.56 Å². The summed E-state index contributed by atoms with van der Waals surface area (Å²) >= 11 is 1.56. The summed E-state index contributed by atoms with van der Waals surface area (Å²) in [5.74, 6) is 1.03. The van der Waals surface area contributed by atoms with E-state index in [2.05, 4.69) is 10.1 Å². The van der Waals surface area contributed by atoms with Crippen molar-refractivity contribution < 1.29 is 9.15 Å². The summed E-state index contributed by atoms with van der Waals surface area (Å²) in [7, 11) is 0. The fourth-order valence-corrected chi connectivity index (χ4v) is 5.33. The molecule has 5 heterocycles. The van der Waals surface area contributed by atoms with Crippen LogP contribution in [0, 0.1) is 6.92 Å². The number of nitrogens with zero attached hydrogens (tertiary/aromatic N) is 4. The number of benzene rings is 2. The van der Waals surface area contributed by atoms with E-state index in [1.54, 1.807) is 28.2 Å². The number of hydrogen-bond donors (Lipinski definition) is 0. The van der Waals surface area contributed by atoms with Crippen molar-refractivity contribution >= 4 is 28.0 Å². The van der Waals surface area contributed by atoms with Crippen molar-refractivity contribution in [1.29, 1.82) is 0 Å². The highest BCUT2D eigenvalue weighted by atomic mass is 32.1. The van der Waals surface area contributed by atoms with Gasteiger partial charge in [-0.15, -0.1) is 5.10 Å². The maximum absolute atomic E-state index is 13.3. The monoisotopic (exact) mass is 464 g/mol. The van der Waals surface area contributed by atoms with Crippen LogP contribution in [-0.2, 0) is 0 Å². The van der Waals surface area contributed by atoms with Crippen LogP contribution < -0.4 is 10.4 Å². The zero-order valence-electron chi connectivity index (χ0n) is 17.9. The molecule has 0 N–H and O–H groups in total. The quantitative estimate of drug-likeness (QED) is 0.312. The van der Waals surface area contributed by atoms with Crippen molar-refractivity contribution in [3.05, 3.63) is 104 Å². The molecule has 7 nitrogen and oxygen atoms in total. The molecule has 2 aromatic carbocycles. The van der Waals surface area contributed by atoms with Crippen LogP contribution in [-0.4, -0.2) is 19.6 Å². The molecular formula is C26H16N4O3S. The van der Waals surface area contributed by atoms with Gasteiger partial charge in [0.05, 0.1) is 22.4 Å². The average Bonchev–Trinajstić information content (AvgIpc) is 3.53. The highest BCUT2D eigenvalue weighted by molar-refractivity contribution is 7.08. The second-order valence-corrected chi connectivity index (χ2v) is 8.98. The lowest BCUT2D eigenvalue weighted by Crippen LogP contribution is -2.22. The summed E-state index contributed by atoms with van der Waals surface area (Å²) in [6.07, 6.45) is 1.60. The lowest BCUT2D eigenvalue weighted by Gasteiger charge is -2.26. The number of para-hydroxylation sites is 1. The molecule has 164 valence electrons. The van der Waals surface area contributed by atoms with Gasteiger partial charge < -0.3 is 9.15 Å². The predicted molar refractivity (Wildman–Crippen MR) is 129 cm³/mol. The smallest absolute Gasteiger partial charge is 0.344 e. The number of aryl methyl sites for hydroxylation is 1. The fourth-order valence-electron chi connectivity index (χ4n) is 4.64. The Kier molecular flexibility index (Phi) is 4.01. The van der Waals surface area contributed by atoms with Crippen molar-refractivity contribution in [3.8, 4) is 23.0 Å². The summed E-state index contributed by atoms with van der Waals surface area (Å²) < 4.78 is 13.7. The zero-order valence-corrected chi connectivity index (χ0v) is 18.7. The van der Waals surface area contributed by atoms with Gasteiger partial charge in [-0.05, 0) is 47.0 Å². The van der Waals surface area contributed by atoms with Crippen molar-refractivity contribution in [2.75, 3.05) is 0 Å². The lowest BCUT2D eigenvalue weighted by atomic mass is 9.85. The standard InChI is InChI=1S/C26H16N4O3S/c1-14-6-2-3-7-16(14)23-28-24-21-19(15-10-11-34-12-15)20-22(33-25(21)27-13-30(24)29-23)17-8-4-5-9-18(17)32-26(20)31/h2-13,19H,1H3. The molecule has 0 aliphatic carbocycles. The highest BCUT2D eigenvalue weighted by Crippen LogP contribution is 2.49. The molecular weight excluding hydrogens is 448 g/mol. The third-order valence-electron chi connectivity index (χ3n) is 6.22. The topological polar surface area (TPSA) is 82.5 Å². The van der Waals surface area contributed by atoms with Gasteiger partial charge in [0.2, 0.25) is 5.88 Å². The van der Waals surface area contributed by atoms with Crippen LogP contribution in [0.1, 0.15) is 28.2 Å². The van der Waals surface area contributed by atoms with E-state index < -0.39 is 11.5 Å². The molecule has 0 saturated heterocycles. The normalized spacial score (nSPS) is 14.7. The number of rotatable bonds is 2. The molecule has 1 atom stereocenters. The van der Waals surface area contributed by atoms with Crippen molar-refractivity contribution in [2.45, 2.75) is 12.8 Å². The van der Waals surface area contributed by atoms with Crippen molar-refractivity contribution in [1.82, 2.24) is 19.6 Å². The molecule has 34 heavy (non-hydrogen) atoms. The van der Waals surface area contributed by atoms with Crippen LogP contribution in [0.5, 0.6) is 11.6 Å². The van der Waals surface area contributed by atoms with E-state index in [9.17, 15) is 4.79 Å². The van der Waals surface area contributed by atoms with Crippen LogP contribution in [0.25, 0.3) is 28.0 Å². The minimum atomic E-state index is -0.448. The lowest BCUT2D eigenvalue weighted by molar-refractivity contribution is 0.422. The maximum atomic E-state index is 13.3. The molecule has 6 aromatic rings. The number of hydrogen-bond acceptors (Lipinski definition) is 7. The first kappa shape index (κ1) is 19.2. The van der Waals surface area contributed by atoms with Gasteiger partial charge >= 0.3 is 5.63 Å². The van der Waals surface area contributed by atoms with E-state index in [0.29, 0.717) is 39.8 Å². The number of ether oxygens (including phenoxy) is 1. The second-order valence-electron chi connectivity index (χ2n) is 8.20. The predicted octanol–water partition coefficient (Wildman–Crippen LogP) is 5.55. The van der Waals surface area contributed by atoms with Gasteiger partial charge in [-0.25, -0.2) is 19.3 Å². The fraction of sp³-hybridized carbons (Fsp3) is 0.0769. The molecule has 1 unspecified atom stereocenters. The first-order chi connectivity index (χ1) is 16.7. The number of thiophene rings is 1. The Labute approximate surface area is 196 Å². The zero-order chi connectivity index (χ0) is 22.8. The Balaban J connectivity index is 1.55. The summed E-state index contributed by atoms with van der Waals surface area (Å²) in [6.45, 7) is 2.03. The van der Waals surface area contributed by atoms with E-state index in [4.69, 9.17) is 14.1 Å². The molecule has 0 amide bonds. The molecule has 0 radical (unpaired) electrons. The Hall–Kier alpha value is -4.30. The molecule has 8 heteroatoms. The van der Waals surface area contributed by atoms with Crippen LogP contribution in [0.2, 0.25) is 0 Å². The van der Waals surface area contributed by atoms with E-state index in [0.717, 1.165) is 22.1 Å². The third kappa shape index (κ3) is 2.69. The third-order valence-corrected chi connectivity index (χ3v) is 6.93.